The first-order chi connectivity index (χ1) is 9.67. The number of aromatic nitrogens is 3. The molecule has 0 saturated carbocycles. The van der Waals surface area contributed by atoms with E-state index in [1.54, 1.807) is 0 Å². The molecule has 2 aromatic rings. The van der Waals surface area contributed by atoms with Crippen molar-refractivity contribution < 1.29 is 0 Å². The molecule has 2 aromatic heterocycles. The second-order valence-corrected chi connectivity index (χ2v) is 5.58. The Hall–Kier alpha value is -1.20. The lowest BCUT2D eigenvalue weighted by Crippen LogP contribution is -2.17. The fourth-order valence-corrected chi connectivity index (χ4v) is 2.89. The summed E-state index contributed by atoms with van der Waals surface area (Å²) in [6.07, 6.45) is 4.70. The number of nitrogens with one attached hydrogen (secondary N) is 1. The van der Waals surface area contributed by atoms with Gasteiger partial charge in [0.2, 0.25) is 0 Å². The zero-order valence-electron chi connectivity index (χ0n) is 12.3. The van der Waals surface area contributed by atoms with Crippen LogP contribution in [0.5, 0.6) is 0 Å². The van der Waals surface area contributed by atoms with Crippen LogP contribution in [0.2, 0.25) is 0 Å². The second-order valence-electron chi connectivity index (χ2n) is 4.78. The zero-order valence-corrected chi connectivity index (χ0v) is 13.9. The molecule has 0 atom stereocenters. The average molecular weight is 337 g/mol. The van der Waals surface area contributed by atoms with E-state index in [4.69, 9.17) is 0 Å². The Labute approximate surface area is 128 Å². The molecule has 0 aliphatic heterocycles. The van der Waals surface area contributed by atoms with E-state index >= 15 is 0 Å². The van der Waals surface area contributed by atoms with Crippen LogP contribution in [0.25, 0.3) is 0 Å². The molecule has 0 bridgehead atoms. The van der Waals surface area contributed by atoms with Crippen molar-refractivity contribution in [2.75, 3.05) is 0 Å². The fraction of sp³-hybridized carbons (Fsp3) is 0.467. The molecular weight excluding hydrogens is 316 g/mol. The summed E-state index contributed by atoms with van der Waals surface area (Å²) in [5.74, 6) is 0. The van der Waals surface area contributed by atoms with Gasteiger partial charge in [-0.15, -0.1) is 0 Å². The van der Waals surface area contributed by atoms with Crippen molar-refractivity contribution in [1.29, 1.82) is 0 Å². The van der Waals surface area contributed by atoms with Gasteiger partial charge in [0.15, 0.2) is 0 Å². The second kappa shape index (κ2) is 6.99. The third kappa shape index (κ3) is 3.27. The summed E-state index contributed by atoms with van der Waals surface area (Å²) in [4.78, 5) is 4.17. The molecule has 0 amide bonds. The summed E-state index contributed by atoms with van der Waals surface area (Å²) >= 11 is 3.67. The first kappa shape index (κ1) is 15.2. The number of nitrogens with zero attached hydrogens (tertiary/aromatic N) is 3. The summed E-state index contributed by atoms with van der Waals surface area (Å²) in [6, 6.07) is 2.04. The predicted octanol–water partition coefficient (Wildman–Crippen LogP) is 3.22. The van der Waals surface area contributed by atoms with Gasteiger partial charge < -0.3 is 5.32 Å². The molecule has 0 aliphatic rings. The average Bonchev–Trinajstić information content (AvgIpc) is 2.77. The van der Waals surface area contributed by atoms with Gasteiger partial charge in [-0.2, -0.15) is 5.10 Å². The third-order valence-electron chi connectivity index (χ3n) is 3.45. The van der Waals surface area contributed by atoms with Gasteiger partial charge in [0.05, 0.1) is 15.9 Å². The Balaban J connectivity index is 2.04. The monoisotopic (exact) mass is 336 g/mol. The number of halogens is 1. The maximum absolute atomic E-state index is 4.61. The Kier molecular flexibility index (Phi) is 5.31. The zero-order chi connectivity index (χ0) is 14.5. The molecule has 2 rings (SSSR count). The van der Waals surface area contributed by atoms with Crippen molar-refractivity contribution in [2.24, 2.45) is 0 Å². The smallest absolute Gasteiger partial charge is 0.0767 e. The fourth-order valence-electron chi connectivity index (χ4n) is 2.18. The van der Waals surface area contributed by atoms with Crippen molar-refractivity contribution in [2.45, 2.75) is 46.8 Å². The Bertz CT molecular complexity index is 577. The van der Waals surface area contributed by atoms with E-state index in [-0.39, 0.29) is 0 Å². The summed E-state index contributed by atoms with van der Waals surface area (Å²) in [7, 11) is 0. The number of hydrogen-bond acceptors (Lipinski definition) is 3. The molecule has 0 unspecified atom stereocenters. The van der Waals surface area contributed by atoms with E-state index in [2.05, 4.69) is 56.8 Å². The van der Waals surface area contributed by atoms with Crippen LogP contribution < -0.4 is 5.32 Å². The molecule has 0 aliphatic carbocycles. The maximum Gasteiger partial charge on any atom is 0.0767 e. The number of aryl methyl sites for hydroxylation is 3. The van der Waals surface area contributed by atoms with Crippen LogP contribution in [0.3, 0.4) is 0 Å². The highest BCUT2D eigenvalue weighted by Gasteiger charge is 2.13. The van der Waals surface area contributed by atoms with Gasteiger partial charge in [-0.1, -0.05) is 6.92 Å². The third-order valence-corrected chi connectivity index (χ3v) is 4.36. The normalized spacial score (nSPS) is 11.0. The molecule has 4 nitrogen and oxygen atoms in total. The molecular formula is C15H21BrN4. The van der Waals surface area contributed by atoms with E-state index in [1.165, 1.54) is 16.8 Å². The van der Waals surface area contributed by atoms with E-state index in [0.717, 1.165) is 36.2 Å². The van der Waals surface area contributed by atoms with Gasteiger partial charge in [0.1, 0.15) is 0 Å². The standard InChI is InChI=1S/C15H21BrN4/c1-4-13-15(16)14(20(5-2)19-13)10-18-9-12-8-17-7-6-11(12)3/h6-8,18H,4-5,9-10H2,1-3H3. The Morgan fingerprint density at radius 3 is 2.75 bits per heavy atom. The molecule has 1 N–H and O–H groups in total. The van der Waals surface area contributed by atoms with Crippen LogP contribution in [0.4, 0.5) is 0 Å². The number of hydrogen-bond donors (Lipinski definition) is 1. The van der Waals surface area contributed by atoms with Crippen molar-refractivity contribution in [3.05, 3.63) is 45.4 Å². The van der Waals surface area contributed by atoms with Gasteiger partial charge in [-0.05, 0) is 53.4 Å². The van der Waals surface area contributed by atoms with E-state index in [0.29, 0.717) is 0 Å². The van der Waals surface area contributed by atoms with Crippen molar-refractivity contribution >= 4 is 15.9 Å². The van der Waals surface area contributed by atoms with E-state index < -0.39 is 0 Å². The molecule has 0 spiro atoms. The summed E-state index contributed by atoms with van der Waals surface area (Å²) in [6.45, 7) is 8.87. The van der Waals surface area contributed by atoms with Crippen LogP contribution in [0.1, 0.15) is 36.4 Å². The molecule has 108 valence electrons. The Morgan fingerprint density at radius 2 is 2.10 bits per heavy atom. The largest absolute Gasteiger partial charge is 0.307 e. The van der Waals surface area contributed by atoms with Crippen LogP contribution in [0.15, 0.2) is 22.9 Å². The van der Waals surface area contributed by atoms with Gasteiger partial charge >= 0.3 is 0 Å². The highest BCUT2D eigenvalue weighted by molar-refractivity contribution is 9.10. The SMILES string of the molecule is CCc1nn(CC)c(CNCc2cnccc2C)c1Br. The lowest BCUT2D eigenvalue weighted by molar-refractivity contribution is 0.576. The lowest BCUT2D eigenvalue weighted by Gasteiger charge is -2.09. The van der Waals surface area contributed by atoms with Crippen LogP contribution in [-0.4, -0.2) is 14.8 Å². The first-order valence-electron chi connectivity index (χ1n) is 7.01. The van der Waals surface area contributed by atoms with Crippen molar-refractivity contribution in [3.8, 4) is 0 Å². The van der Waals surface area contributed by atoms with Crippen molar-refractivity contribution in [3.63, 3.8) is 0 Å². The molecule has 5 heteroatoms. The molecule has 20 heavy (non-hydrogen) atoms. The minimum absolute atomic E-state index is 0.801. The molecule has 0 saturated heterocycles. The summed E-state index contributed by atoms with van der Waals surface area (Å²) in [5.41, 5.74) is 4.85. The van der Waals surface area contributed by atoms with Crippen LogP contribution in [0, 0.1) is 6.92 Å². The summed E-state index contributed by atoms with van der Waals surface area (Å²) in [5, 5.41) is 8.09. The number of pyridine rings is 1. The lowest BCUT2D eigenvalue weighted by atomic mass is 10.1. The highest BCUT2D eigenvalue weighted by atomic mass is 79.9. The summed E-state index contributed by atoms with van der Waals surface area (Å²) < 4.78 is 3.20. The first-order valence-corrected chi connectivity index (χ1v) is 7.80. The van der Waals surface area contributed by atoms with E-state index in [1.807, 2.05) is 18.5 Å². The molecule has 0 radical (unpaired) electrons. The van der Waals surface area contributed by atoms with Gasteiger partial charge in [0, 0.05) is 32.0 Å². The molecule has 0 fully saturated rings. The predicted molar refractivity (Wildman–Crippen MR) is 84.5 cm³/mol. The van der Waals surface area contributed by atoms with Crippen LogP contribution >= 0.6 is 15.9 Å². The Morgan fingerprint density at radius 1 is 1.30 bits per heavy atom. The minimum Gasteiger partial charge on any atom is -0.307 e. The van der Waals surface area contributed by atoms with Crippen molar-refractivity contribution in [1.82, 2.24) is 20.1 Å². The maximum atomic E-state index is 4.61. The van der Waals surface area contributed by atoms with Gasteiger partial charge in [-0.3, -0.25) is 9.67 Å². The number of rotatable bonds is 6. The molecule has 0 aromatic carbocycles. The minimum atomic E-state index is 0.801. The van der Waals surface area contributed by atoms with Gasteiger partial charge in [-0.25, -0.2) is 0 Å². The highest BCUT2D eigenvalue weighted by Crippen LogP contribution is 2.22. The van der Waals surface area contributed by atoms with Crippen LogP contribution in [-0.2, 0) is 26.1 Å². The quantitative estimate of drug-likeness (QED) is 0.880. The van der Waals surface area contributed by atoms with E-state index in [9.17, 15) is 0 Å². The van der Waals surface area contributed by atoms with Gasteiger partial charge in [0.25, 0.3) is 0 Å². The topological polar surface area (TPSA) is 42.7 Å². The molecule has 2 heterocycles.